The summed E-state index contributed by atoms with van der Waals surface area (Å²) in [5, 5.41) is 5.56. The fraction of sp³-hybridized carbons (Fsp3) is 0. The largest absolute Gasteiger partial charge is 0.0836 e. The molecule has 76 valence electrons. The van der Waals surface area contributed by atoms with Gasteiger partial charge >= 0.3 is 0 Å². The first-order chi connectivity index (χ1) is 7.75. The number of hydrogen-bond donors (Lipinski definition) is 0. The van der Waals surface area contributed by atoms with Crippen LogP contribution in [-0.4, -0.2) is 0 Å². The van der Waals surface area contributed by atoms with Gasteiger partial charge in [0.05, 0.1) is 0 Å². The Hall–Kier alpha value is -1.24. The molecule has 3 aromatic rings. The molecule has 0 nitrogen and oxygen atoms in total. The summed E-state index contributed by atoms with van der Waals surface area (Å²) in [5.74, 6) is 0. The lowest BCUT2D eigenvalue weighted by Gasteiger charge is -2.06. The van der Waals surface area contributed by atoms with E-state index in [1.165, 1.54) is 0 Å². The number of halogens is 2. The second-order valence-corrected chi connectivity index (χ2v) is 4.43. The van der Waals surface area contributed by atoms with Crippen LogP contribution in [-0.2, 0) is 0 Å². The van der Waals surface area contributed by atoms with Crippen LogP contribution in [0.5, 0.6) is 0 Å². The lowest BCUT2D eigenvalue weighted by Crippen LogP contribution is -1.79. The summed E-state index contributed by atoms with van der Waals surface area (Å²) in [7, 11) is 0. The van der Waals surface area contributed by atoms with Crippen LogP contribution in [0.1, 0.15) is 0 Å². The third-order valence-electron chi connectivity index (χ3n) is 2.64. The molecular formula is C14H6Cl2. The molecule has 0 amide bonds. The second-order valence-electron chi connectivity index (χ2n) is 3.61. The molecule has 0 N–H and O–H groups in total. The third-order valence-corrected chi connectivity index (χ3v) is 3.17. The highest BCUT2D eigenvalue weighted by Gasteiger charge is 2.05. The number of benzene rings is 3. The maximum absolute atomic E-state index is 6.21. The van der Waals surface area contributed by atoms with E-state index in [0.717, 1.165) is 26.6 Å². The molecule has 0 saturated heterocycles. The van der Waals surface area contributed by atoms with Gasteiger partial charge in [0.2, 0.25) is 0 Å². The minimum atomic E-state index is 0.601. The van der Waals surface area contributed by atoms with E-state index in [9.17, 15) is 0 Å². The lowest BCUT2D eigenvalue weighted by molar-refractivity contribution is 1.74. The van der Waals surface area contributed by atoms with Crippen LogP contribution >= 0.6 is 23.2 Å². The molecule has 0 aliphatic rings. The van der Waals surface area contributed by atoms with Crippen LogP contribution in [0.25, 0.3) is 21.5 Å². The zero-order valence-electron chi connectivity index (χ0n) is 8.22. The van der Waals surface area contributed by atoms with Crippen molar-refractivity contribution < 1.29 is 0 Å². The Bertz CT molecular complexity index is 687. The van der Waals surface area contributed by atoms with E-state index in [4.69, 9.17) is 23.2 Å². The molecule has 0 fully saturated rings. The molecule has 0 aliphatic carbocycles. The Kier molecular flexibility index (Phi) is 2.27. The van der Waals surface area contributed by atoms with Crippen molar-refractivity contribution in [3.8, 4) is 0 Å². The first-order valence-electron chi connectivity index (χ1n) is 4.85. The molecule has 0 spiro atoms. The van der Waals surface area contributed by atoms with Gasteiger partial charge in [0, 0.05) is 21.5 Å². The molecule has 0 heterocycles. The fourth-order valence-corrected chi connectivity index (χ4v) is 2.35. The molecule has 0 aliphatic heterocycles. The van der Waals surface area contributed by atoms with Crippen molar-refractivity contribution in [3.05, 3.63) is 58.6 Å². The molecule has 0 aromatic heterocycles. The van der Waals surface area contributed by atoms with E-state index in [0.29, 0.717) is 5.02 Å². The zero-order chi connectivity index (χ0) is 11.1. The van der Waals surface area contributed by atoms with Crippen molar-refractivity contribution in [2.45, 2.75) is 0 Å². The van der Waals surface area contributed by atoms with Gasteiger partial charge < -0.3 is 0 Å². The van der Waals surface area contributed by atoms with Crippen LogP contribution in [0, 0.1) is 12.1 Å². The van der Waals surface area contributed by atoms with Crippen molar-refractivity contribution in [3.63, 3.8) is 0 Å². The van der Waals surface area contributed by atoms with Gasteiger partial charge in [-0.25, -0.2) is 0 Å². The molecule has 0 atom stereocenters. The van der Waals surface area contributed by atoms with Crippen molar-refractivity contribution in [2.75, 3.05) is 0 Å². The maximum atomic E-state index is 6.21. The Balaban J connectivity index is 2.61. The molecule has 0 bridgehead atoms. The van der Waals surface area contributed by atoms with Gasteiger partial charge in [-0.05, 0) is 46.5 Å². The lowest BCUT2D eigenvalue weighted by atomic mass is 10.0. The summed E-state index contributed by atoms with van der Waals surface area (Å²) in [5.41, 5.74) is 0. The van der Waals surface area contributed by atoms with E-state index in [2.05, 4.69) is 12.1 Å². The van der Waals surface area contributed by atoms with Gasteiger partial charge in [-0.15, -0.1) is 0 Å². The molecule has 3 aromatic carbocycles. The standard InChI is InChI=1S/C14H6Cl2/c15-10-5-6-12-13(8-10)11-4-2-1-3-9(11)7-14(12)16/h2-4,6-8H. The highest BCUT2D eigenvalue weighted by atomic mass is 35.5. The minimum absolute atomic E-state index is 0.601. The summed E-state index contributed by atoms with van der Waals surface area (Å²) >= 11 is 12.2. The quantitative estimate of drug-likeness (QED) is 0.494. The van der Waals surface area contributed by atoms with Crippen LogP contribution in [0.2, 0.25) is 10.0 Å². The smallest absolute Gasteiger partial charge is 0.0491 e. The van der Waals surface area contributed by atoms with Crippen molar-refractivity contribution in [1.29, 1.82) is 0 Å². The van der Waals surface area contributed by atoms with Crippen molar-refractivity contribution in [2.24, 2.45) is 0 Å². The fourth-order valence-electron chi connectivity index (χ4n) is 1.91. The van der Waals surface area contributed by atoms with E-state index >= 15 is 0 Å². The molecule has 0 saturated carbocycles. The number of rotatable bonds is 0. The molecule has 3 rings (SSSR count). The average molecular weight is 245 g/mol. The predicted molar refractivity (Wildman–Crippen MR) is 69.1 cm³/mol. The molecule has 0 unspecified atom stereocenters. The van der Waals surface area contributed by atoms with Crippen LogP contribution in [0.3, 0.4) is 0 Å². The molecule has 16 heavy (non-hydrogen) atoms. The minimum Gasteiger partial charge on any atom is -0.0836 e. The summed E-state index contributed by atoms with van der Waals surface area (Å²) < 4.78 is 0. The SMILES string of the molecule is Clc1[c]cc2c(Cl)cc3c[c]ccc3c2c1. The highest BCUT2D eigenvalue weighted by Crippen LogP contribution is 2.32. The Labute approximate surface area is 103 Å². The van der Waals surface area contributed by atoms with Gasteiger partial charge in [0.1, 0.15) is 0 Å². The predicted octanol–water partition coefficient (Wildman–Crippen LogP) is 4.90. The second kappa shape index (κ2) is 3.65. The molecule has 2 radical (unpaired) electrons. The Morgan fingerprint density at radius 2 is 1.81 bits per heavy atom. The molecular weight excluding hydrogens is 239 g/mol. The average Bonchev–Trinajstić information content (AvgIpc) is 2.29. The van der Waals surface area contributed by atoms with E-state index < -0.39 is 0 Å². The van der Waals surface area contributed by atoms with Gasteiger partial charge in [0.15, 0.2) is 0 Å². The monoisotopic (exact) mass is 244 g/mol. The van der Waals surface area contributed by atoms with Gasteiger partial charge in [-0.3, -0.25) is 0 Å². The van der Waals surface area contributed by atoms with Gasteiger partial charge in [0.25, 0.3) is 0 Å². The van der Waals surface area contributed by atoms with Gasteiger partial charge in [-0.2, -0.15) is 0 Å². The Morgan fingerprint density at radius 3 is 2.69 bits per heavy atom. The summed E-state index contributed by atoms with van der Waals surface area (Å²) in [6.07, 6.45) is 0. The summed E-state index contributed by atoms with van der Waals surface area (Å²) in [4.78, 5) is 0. The van der Waals surface area contributed by atoms with Crippen LogP contribution < -0.4 is 0 Å². The van der Waals surface area contributed by atoms with Crippen molar-refractivity contribution >= 4 is 44.7 Å². The number of hydrogen-bond acceptors (Lipinski definition) is 0. The normalized spacial score (nSPS) is 11.1. The van der Waals surface area contributed by atoms with Crippen LogP contribution in [0.15, 0.2) is 36.4 Å². The van der Waals surface area contributed by atoms with E-state index in [1.807, 2.05) is 36.4 Å². The third kappa shape index (κ3) is 1.46. The van der Waals surface area contributed by atoms with Gasteiger partial charge in [-0.1, -0.05) is 35.3 Å². The highest BCUT2D eigenvalue weighted by molar-refractivity contribution is 6.38. The van der Waals surface area contributed by atoms with E-state index in [-0.39, 0.29) is 0 Å². The number of fused-ring (bicyclic) bond motifs is 3. The van der Waals surface area contributed by atoms with E-state index in [1.54, 1.807) is 0 Å². The summed E-state index contributed by atoms with van der Waals surface area (Å²) in [6.45, 7) is 0. The zero-order valence-corrected chi connectivity index (χ0v) is 9.73. The summed E-state index contributed by atoms with van der Waals surface area (Å²) in [6, 6.07) is 17.5. The molecule has 2 heteroatoms. The van der Waals surface area contributed by atoms with Crippen molar-refractivity contribution in [1.82, 2.24) is 0 Å². The first-order valence-corrected chi connectivity index (χ1v) is 5.60. The maximum Gasteiger partial charge on any atom is 0.0491 e. The Morgan fingerprint density at radius 1 is 0.938 bits per heavy atom. The topological polar surface area (TPSA) is 0 Å². The van der Waals surface area contributed by atoms with Crippen LogP contribution in [0.4, 0.5) is 0 Å². The first kappa shape index (κ1) is 9.95.